The molecule has 0 spiro atoms. The van der Waals surface area contributed by atoms with E-state index in [4.69, 9.17) is 27.6 Å². The van der Waals surface area contributed by atoms with Gasteiger partial charge in [0.25, 0.3) is 11.8 Å². The molecule has 8 nitrogen and oxygen atoms in total. The van der Waals surface area contributed by atoms with Gasteiger partial charge >= 0.3 is 6.01 Å². The van der Waals surface area contributed by atoms with E-state index >= 15 is 0 Å². The van der Waals surface area contributed by atoms with Gasteiger partial charge in [-0.15, -0.1) is 5.10 Å². The molecule has 4 rings (SSSR count). The summed E-state index contributed by atoms with van der Waals surface area (Å²) < 4.78 is 31.9. The molecule has 0 unspecified atom stereocenters. The number of nitrogens with one attached hydrogen (secondary N) is 1. The summed E-state index contributed by atoms with van der Waals surface area (Å²) in [6, 6.07) is 10.4. The molecule has 1 saturated carbocycles. The number of sulfonamides is 1. The van der Waals surface area contributed by atoms with Gasteiger partial charge in [-0.1, -0.05) is 28.3 Å². The summed E-state index contributed by atoms with van der Waals surface area (Å²) in [4.78, 5) is 12.6. The normalized spacial score (nSPS) is 14.1. The number of carbonyl (C=O) groups is 1. The van der Waals surface area contributed by atoms with Crippen LogP contribution in [0.3, 0.4) is 0 Å². The first-order valence-electron chi connectivity index (χ1n) is 8.94. The van der Waals surface area contributed by atoms with E-state index in [2.05, 4.69) is 15.5 Å². The predicted molar refractivity (Wildman–Crippen MR) is 112 cm³/mol. The third-order valence-corrected chi connectivity index (χ3v) is 7.15. The van der Waals surface area contributed by atoms with Crippen molar-refractivity contribution in [2.24, 2.45) is 0 Å². The van der Waals surface area contributed by atoms with E-state index in [1.807, 2.05) is 0 Å². The van der Waals surface area contributed by atoms with Crippen molar-refractivity contribution >= 4 is 45.1 Å². The minimum atomic E-state index is -3.57. The zero-order valence-corrected chi connectivity index (χ0v) is 18.0. The molecule has 3 aromatic rings. The van der Waals surface area contributed by atoms with E-state index < -0.39 is 15.9 Å². The number of halogens is 2. The molecule has 1 aliphatic carbocycles. The van der Waals surface area contributed by atoms with Crippen LogP contribution in [0.25, 0.3) is 11.5 Å². The first-order valence-corrected chi connectivity index (χ1v) is 11.1. The molecule has 0 saturated heterocycles. The van der Waals surface area contributed by atoms with Crippen molar-refractivity contribution in [3.63, 3.8) is 0 Å². The Bertz CT molecular complexity index is 1210. The number of hydrogen-bond donors (Lipinski definition) is 1. The lowest BCUT2D eigenvalue weighted by molar-refractivity contribution is 0.102. The van der Waals surface area contributed by atoms with Crippen LogP contribution < -0.4 is 5.32 Å². The standard InChI is InChI=1S/C19H16Cl2N4O4S/c1-25(13-5-6-13)30(27,28)14-7-2-11(3-8-14)17(26)22-19-24-23-18(29-19)15-10-12(20)4-9-16(15)21/h2-4,7-10,13H,5-6H2,1H3,(H,22,24,26). The summed E-state index contributed by atoms with van der Waals surface area (Å²) in [6.45, 7) is 0. The number of nitrogens with zero attached hydrogens (tertiary/aromatic N) is 3. The van der Waals surface area contributed by atoms with Gasteiger partial charge < -0.3 is 4.42 Å². The molecule has 156 valence electrons. The van der Waals surface area contributed by atoms with Gasteiger partial charge in [0, 0.05) is 23.7 Å². The van der Waals surface area contributed by atoms with Crippen LogP contribution in [0.2, 0.25) is 10.0 Å². The van der Waals surface area contributed by atoms with E-state index in [0.717, 1.165) is 12.8 Å². The summed E-state index contributed by atoms with van der Waals surface area (Å²) in [7, 11) is -2.01. The Balaban J connectivity index is 1.48. The van der Waals surface area contributed by atoms with Crippen molar-refractivity contribution in [1.29, 1.82) is 0 Å². The highest BCUT2D eigenvalue weighted by molar-refractivity contribution is 7.89. The average molecular weight is 467 g/mol. The van der Waals surface area contributed by atoms with Crippen LogP contribution in [0, 0.1) is 0 Å². The molecule has 2 aromatic carbocycles. The lowest BCUT2D eigenvalue weighted by atomic mass is 10.2. The Morgan fingerprint density at radius 3 is 2.50 bits per heavy atom. The van der Waals surface area contributed by atoms with Crippen molar-refractivity contribution < 1.29 is 17.6 Å². The highest BCUT2D eigenvalue weighted by Gasteiger charge is 2.35. The second kappa shape index (κ2) is 7.99. The van der Waals surface area contributed by atoms with Crippen molar-refractivity contribution in [2.75, 3.05) is 12.4 Å². The summed E-state index contributed by atoms with van der Waals surface area (Å²) in [5.41, 5.74) is 0.676. The molecule has 0 radical (unpaired) electrons. The van der Waals surface area contributed by atoms with E-state index in [-0.39, 0.29) is 28.4 Å². The van der Waals surface area contributed by atoms with E-state index in [1.165, 1.54) is 28.6 Å². The smallest absolute Gasteiger partial charge is 0.322 e. The summed E-state index contributed by atoms with van der Waals surface area (Å²) in [6.07, 6.45) is 1.73. The molecule has 0 atom stereocenters. The molecule has 1 amide bonds. The van der Waals surface area contributed by atoms with Crippen LogP contribution in [-0.2, 0) is 10.0 Å². The Hall–Kier alpha value is -2.46. The van der Waals surface area contributed by atoms with Gasteiger partial charge in [0.15, 0.2) is 0 Å². The first-order chi connectivity index (χ1) is 14.3. The summed E-state index contributed by atoms with van der Waals surface area (Å²) in [5, 5.41) is 10.9. The van der Waals surface area contributed by atoms with Crippen LogP contribution >= 0.6 is 23.2 Å². The fraction of sp³-hybridized carbons (Fsp3) is 0.211. The third kappa shape index (κ3) is 4.20. The maximum Gasteiger partial charge on any atom is 0.322 e. The molecule has 0 aliphatic heterocycles. The topological polar surface area (TPSA) is 105 Å². The number of rotatable bonds is 6. The SMILES string of the molecule is CN(C1CC1)S(=O)(=O)c1ccc(C(=O)Nc2nnc(-c3cc(Cl)ccc3Cl)o2)cc1. The summed E-state index contributed by atoms with van der Waals surface area (Å²) in [5.74, 6) is -0.427. The van der Waals surface area contributed by atoms with Gasteiger partial charge in [0.1, 0.15) is 0 Å². The van der Waals surface area contributed by atoms with Crippen molar-refractivity contribution in [2.45, 2.75) is 23.8 Å². The minimum Gasteiger partial charge on any atom is -0.403 e. The quantitative estimate of drug-likeness (QED) is 0.586. The fourth-order valence-corrected chi connectivity index (χ4v) is 4.58. The maximum atomic E-state index is 12.5. The van der Waals surface area contributed by atoms with Crippen LogP contribution in [0.1, 0.15) is 23.2 Å². The molecule has 0 bridgehead atoms. The monoisotopic (exact) mass is 466 g/mol. The molecule has 1 N–H and O–H groups in total. The highest BCUT2D eigenvalue weighted by Crippen LogP contribution is 2.31. The number of anilines is 1. The number of carbonyl (C=O) groups excluding carboxylic acids is 1. The molecular formula is C19H16Cl2N4O4S. The van der Waals surface area contributed by atoms with E-state index in [0.29, 0.717) is 15.6 Å². The summed E-state index contributed by atoms with van der Waals surface area (Å²) >= 11 is 12.1. The second-order valence-corrected chi connectivity index (χ2v) is 9.61. The van der Waals surface area contributed by atoms with Gasteiger partial charge in [-0.2, -0.15) is 4.31 Å². The Kier molecular flexibility index (Phi) is 5.54. The van der Waals surface area contributed by atoms with E-state index in [1.54, 1.807) is 25.2 Å². The second-order valence-electron chi connectivity index (χ2n) is 6.77. The maximum absolute atomic E-state index is 12.5. The lowest BCUT2D eigenvalue weighted by Crippen LogP contribution is -2.29. The van der Waals surface area contributed by atoms with Crippen LogP contribution in [0.15, 0.2) is 51.8 Å². The number of hydrogen-bond acceptors (Lipinski definition) is 6. The van der Waals surface area contributed by atoms with Crippen molar-refractivity contribution in [3.05, 3.63) is 58.1 Å². The molecule has 1 heterocycles. The predicted octanol–water partition coefficient (Wildman–Crippen LogP) is 4.08. The van der Waals surface area contributed by atoms with Crippen molar-refractivity contribution in [1.82, 2.24) is 14.5 Å². The van der Waals surface area contributed by atoms with Crippen LogP contribution in [0.4, 0.5) is 6.01 Å². The number of amides is 1. The Labute approximate surface area is 182 Å². The minimum absolute atomic E-state index is 0.0534. The fourth-order valence-electron chi connectivity index (χ4n) is 2.79. The largest absolute Gasteiger partial charge is 0.403 e. The molecule has 1 aromatic heterocycles. The molecular weight excluding hydrogens is 451 g/mol. The van der Waals surface area contributed by atoms with Gasteiger partial charge in [0.2, 0.25) is 10.0 Å². The third-order valence-electron chi connectivity index (χ3n) is 4.66. The van der Waals surface area contributed by atoms with Crippen LogP contribution in [-0.4, -0.2) is 41.9 Å². The van der Waals surface area contributed by atoms with E-state index in [9.17, 15) is 13.2 Å². The Morgan fingerprint density at radius 1 is 1.13 bits per heavy atom. The molecule has 1 fully saturated rings. The van der Waals surface area contributed by atoms with Gasteiger partial charge in [-0.3, -0.25) is 10.1 Å². The highest BCUT2D eigenvalue weighted by atomic mass is 35.5. The first kappa shape index (κ1) is 20.8. The van der Waals surface area contributed by atoms with Gasteiger partial charge in [0.05, 0.1) is 15.5 Å². The van der Waals surface area contributed by atoms with Crippen LogP contribution in [0.5, 0.6) is 0 Å². The molecule has 11 heteroatoms. The lowest BCUT2D eigenvalue weighted by Gasteiger charge is -2.16. The number of benzene rings is 2. The zero-order chi connectivity index (χ0) is 21.5. The van der Waals surface area contributed by atoms with Gasteiger partial charge in [-0.25, -0.2) is 8.42 Å². The number of aromatic nitrogens is 2. The van der Waals surface area contributed by atoms with Crippen molar-refractivity contribution in [3.8, 4) is 11.5 Å². The zero-order valence-electron chi connectivity index (χ0n) is 15.7. The Morgan fingerprint density at radius 2 is 1.83 bits per heavy atom. The molecule has 30 heavy (non-hydrogen) atoms. The average Bonchev–Trinajstić information content (AvgIpc) is 3.48. The molecule has 1 aliphatic rings. The van der Waals surface area contributed by atoms with Gasteiger partial charge in [-0.05, 0) is 55.3 Å².